The molecule has 2 aliphatic rings. The van der Waals surface area contributed by atoms with E-state index in [0.717, 1.165) is 24.1 Å². The van der Waals surface area contributed by atoms with Crippen molar-refractivity contribution < 1.29 is 23.9 Å². The van der Waals surface area contributed by atoms with Gasteiger partial charge >= 0.3 is 11.9 Å². The molecule has 2 aliphatic heterocycles. The molecule has 7 heteroatoms. The van der Waals surface area contributed by atoms with Crippen LogP contribution in [0.2, 0.25) is 0 Å². The fourth-order valence-electron chi connectivity index (χ4n) is 3.42. The van der Waals surface area contributed by atoms with Gasteiger partial charge in [0.1, 0.15) is 6.54 Å². The Balaban J connectivity index is 1.69. The first-order valence-electron chi connectivity index (χ1n) is 8.98. The highest BCUT2D eigenvalue weighted by molar-refractivity contribution is 5.89. The maximum atomic E-state index is 12.8. The molecule has 1 amide bonds. The number of amides is 1. The van der Waals surface area contributed by atoms with E-state index >= 15 is 0 Å². The molecule has 0 aromatic heterocycles. The molecule has 3 rings (SSSR count). The molecule has 1 aromatic carbocycles. The Morgan fingerprint density at radius 2 is 2.15 bits per heavy atom. The Hall–Kier alpha value is -2.57. The summed E-state index contributed by atoms with van der Waals surface area (Å²) in [4.78, 5) is 40.0. The van der Waals surface area contributed by atoms with Crippen LogP contribution in [0.15, 0.2) is 18.2 Å². The summed E-state index contributed by atoms with van der Waals surface area (Å²) in [5.74, 6) is -0.512. The minimum absolute atomic E-state index is 0.0390. The Morgan fingerprint density at radius 3 is 2.92 bits per heavy atom. The third kappa shape index (κ3) is 3.98. The molecule has 26 heavy (non-hydrogen) atoms. The Labute approximate surface area is 152 Å². The number of nitrogens with zero attached hydrogens (tertiary/aromatic N) is 2. The number of piperidine rings is 1. The van der Waals surface area contributed by atoms with Gasteiger partial charge in [-0.05, 0) is 44.4 Å². The SMILES string of the molecule is CCOC(=O)C1CCCN(C(=O)CN2CC(=O)Oc3ccc(C)cc32)C1. The second-order valence-electron chi connectivity index (χ2n) is 6.73. The summed E-state index contributed by atoms with van der Waals surface area (Å²) >= 11 is 0. The smallest absolute Gasteiger partial charge is 0.331 e. The summed E-state index contributed by atoms with van der Waals surface area (Å²) in [6.45, 7) is 5.18. The zero-order valence-electron chi connectivity index (χ0n) is 15.2. The van der Waals surface area contributed by atoms with Crippen molar-refractivity contribution in [2.24, 2.45) is 5.92 Å². The van der Waals surface area contributed by atoms with E-state index in [-0.39, 0.29) is 36.9 Å². The maximum absolute atomic E-state index is 12.8. The predicted octanol–water partition coefficient (Wildman–Crippen LogP) is 1.52. The lowest BCUT2D eigenvalue weighted by Crippen LogP contribution is -2.49. The van der Waals surface area contributed by atoms with Gasteiger partial charge in [-0.1, -0.05) is 6.07 Å². The molecule has 0 radical (unpaired) electrons. The van der Waals surface area contributed by atoms with Crippen LogP contribution >= 0.6 is 0 Å². The molecule has 1 fully saturated rings. The minimum atomic E-state index is -0.378. The number of hydrogen-bond donors (Lipinski definition) is 0. The summed E-state index contributed by atoms with van der Waals surface area (Å²) < 4.78 is 10.3. The van der Waals surface area contributed by atoms with Gasteiger partial charge in [-0.15, -0.1) is 0 Å². The molecule has 1 unspecified atom stereocenters. The van der Waals surface area contributed by atoms with Gasteiger partial charge in [0.2, 0.25) is 5.91 Å². The van der Waals surface area contributed by atoms with E-state index in [2.05, 4.69) is 0 Å². The van der Waals surface area contributed by atoms with Crippen molar-refractivity contribution in [2.75, 3.05) is 37.7 Å². The molecule has 1 saturated heterocycles. The normalized spacial score (nSPS) is 19.6. The average molecular weight is 360 g/mol. The van der Waals surface area contributed by atoms with E-state index in [1.807, 2.05) is 19.1 Å². The van der Waals surface area contributed by atoms with Crippen LogP contribution in [0.25, 0.3) is 0 Å². The topological polar surface area (TPSA) is 76.2 Å². The summed E-state index contributed by atoms with van der Waals surface area (Å²) in [6, 6.07) is 5.52. The van der Waals surface area contributed by atoms with E-state index in [9.17, 15) is 14.4 Å². The standard InChI is InChI=1S/C19H24N2O5/c1-3-25-19(24)14-5-4-8-20(10-14)17(22)11-21-12-18(23)26-16-7-6-13(2)9-15(16)21/h6-7,9,14H,3-5,8,10-12H2,1-2H3. The lowest BCUT2D eigenvalue weighted by Gasteiger charge is -2.35. The van der Waals surface area contributed by atoms with Crippen LogP contribution in [0.5, 0.6) is 5.75 Å². The first-order chi connectivity index (χ1) is 12.5. The van der Waals surface area contributed by atoms with Crippen LogP contribution in [0.4, 0.5) is 5.69 Å². The van der Waals surface area contributed by atoms with E-state index in [1.54, 1.807) is 22.8 Å². The molecule has 0 N–H and O–H groups in total. The molecular formula is C19H24N2O5. The van der Waals surface area contributed by atoms with Crippen LogP contribution in [-0.4, -0.2) is 55.5 Å². The van der Waals surface area contributed by atoms with Gasteiger partial charge in [-0.2, -0.15) is 0 Å². The molecular weight excluding hydrogens is 336 g/mol. The van der Waals surface area contributed by atoms with E-state index in [1.165, 1.54) is 0 Å². The van der Waals surface area contributed by atoms with Gasteiger partial charge in [-0.3, -0.25) is 9.59 Å². The molecule has 1 aromatic rings. The number of anilines is 1. The monoisotopic (exact) mass is 360 g/mol. The average Bonchev–Trinajstić information content (AvgIpc) is 2.62. The minimum Gasteiger partial charge on any atom is -0.466 e. The zero-order chi connectivity index (χ0) is 18.7. The molecule has 140 valence electrons. The highest BCUT2D eigenvalue weighted by Gasteiger charge is 2.32. The number of likely N-dealkylation sites (tertiary alicyclic amines) is 1. The summed E-state index contributed by atoms with van der Waals surface area (Å²) in [6.07, 6.45) is 1.51. The first-order valence-corrected chi connectivity index (χ1v) is 8.98. The Morgan fingerprint density at radius 1 is 1.35 bits per heavy atom. The van der Waals surface area contributed by atoms with Gasteiger partial charge in [0.15, 0.2) is 5.75 Å². The van der Waals surface area contributed by atoms with Crippen LogP contribution in [0.3, 0.4) is 0 Å². The fourth-order valence-corrected chi connectivity index (χ4v) is 3.42. The Bertz CT molecular complexity index is 718. The lowest BCUT2D eigenvalue weighted by molar-refractivity contribution is -0.151. The van der Waals surface area contributed by atoms with Crippen LogP contribution in [-0.2, 0) is 19.1 Å². The third-order valence-corrected chi connectivity index (χ3v) is 4.72. The molecule has 2 heterocycles. The van der Waals surface area contributed by atoms with E-state index in [4.69, 9.17) is 9.47 Å². The Kier molecular flexibility index (Phi) is 5.44. The number of carbonyl (C=O) groups excluding carboxylic acids is 3. The van der Waals surface area contributed by atoms with Gasteiger partial charge in [-0.25, -0.2) is 4.79 Å². The number of hydrogen-bond acceptors (Lipinski definition) is 6. The number of fused-ring (bicyclic) bond motifs is 1. The van der Waals surface area contributed by atoms with Gasteiger partial charge in [0.05, 0.1) is 24.8 Å². The molecule has 0 aliphatic carbocycles. The first kappa shape index (κ1) is 18.2. The molecule has 0 spiro atoms. The van der Waals surface area contributed by atoms with E-state index in [0.29, 0.717) is 25.4 Å². The van der Waals surface area contributed by atoms with E-state index < -0.39 is 0 Å². The molecule has 0 bridgehead atoms. The number of aryl methyl sites for hydroxylation is 1. The molecule has 1 atom stereocenters. The summed E-state index contributed by atoms with van der Waals surface area (Å²) in [5, 5.41) is 0. The van der Waals surface area contributed by atoms with Crippen molar-refractivity contribution in [3.05, 3.63) is 23.8 Å². The van der Waals surface area contributed by atoms with Crippen molar-refractivity contribution >= 4 is 23.5 Å². The largest absolute Gasteiger partial charge is 0.466 e. The van der Waals surface area contributed by atoms with Crippen molar-refractivity contribution in [1.82, 2.24) is 4.90 Å². The number of benzene rings is 1. The van der Waals surface area contributed by atoms with Crippen molar-refractivity contribution in [1.29, 1.82) is 0 Å². The second kappa shape index (κ2) is 7.76. The number of carbonyl (C=O) groups is 3. The maximum Gasteiger partial charge on any atom is 0.331 e. The number of esters is 2. The zero-order valence-corrected chi connectivity index (χ0v) is 15.2. The lowest BCUT2D eigenvalue weighted by atomic mass is 9.98. The highest BCUT2D eigenvalue weighted by Crippen LogP contribution is 2.32. The van der Waals surface area contributed by atoms with Crippen LogP contribution < -0.4 is 9.64 Å². The van der Waals surface area contributed by atoms with Crippen molar-refractivity contribution in [2.45, 2.75) is 26.7 Å². The van der Waals surface area contributed by atoms with Gasteiger partial charge in [0.25, 0.3) is 0 Å². The quantitative estimate of drug-likeness (QED) is 0.599. The molecule has 0 saturated carbocycles. The summed E-state index contributed by atoms with van der Waals surface area (Å²) in [7, 11) is 0. The number of rotatable bonds is 4. The van der Waals surface area contributed by atoms with Crippen molar-refractivity contribution in [3.8, 4) is 5.75 Å². The summed E-state index contributed by atoms with van der Waals surface area (Å²) in [5.41, 5.74) is 1.77. The second-order valence-corrected chi connectivity index (χ2v) is 6.73. The van der Waals surface area contributed by atoms with Gasteiger partial charge in [0, 0.05) is 13.1 Å². The number of ether oxygens (including phenoxy) is 2. The highest BCUT2D eigenvalue weighted by atomic mass is 16.5. The fraction of sp³-hybridized carbons (Fsp3) is 0.526. The van der Waals surface area contributed by atoms with Gasteiger partial charge < -0.3 is 19.3 Å². The van der Waals surface area contributed by atoms with Crippen molar-refractivity contribution in [3.63, 3.8) is 0 Å². The molecule has 7 nitrogen and oxygen atoms in total. The van der Waals surface area contributed by atoms with Crippen LogP contribution in [0, 0.1) is 12.8 Å². The third-order valence-electron chi connectivity index (χ3n) is 4.72. The predicted molar refractivity (Wildman–Crippen MR) is 95.0 cm³/mol. The van der Waals surface area contributed by atoms with Crippen LogP contribution in [0.1, 0.15) is 25.3 Å².